The maximum atomic E-state index is 3.84. The minimum atomic E-state index is 0.809. The van der Waals surface area contributed by atoms with E-state index in [2.05, 4.69) is 22.0 Å². The normalized spacial score (nSPS) is 39.4. The highest BCUT2D eigenvalue weighted by Gasteiger charge is 2.36. The standard InChI is InChI=1S/C11H20N2S/c1-2-10(12-9-3-4-9)11-8-14-7-6-13(11)5-1/h9-12H,1-8H2. The molecule has 0 radical (unpaired) electrons. The Morgan fingerprint density at radius 1 is 1.14 bits per heavy atom. The van der Waals surface area contributed by atoms with Crippen LogP contribution in [0.3, 0.4) is 0 Å². The van der Waals surface area contributed by atoms with Gasteiger partial charge < -0.3 is 5.32 Å². The molecule has 2 aliphatic heterocycles. The second-order valence-corrected chi connectivity index (χ2v) is 6.02. The third-order valence-corrected chi connectivity index (χ3v) is 4.78. The van der Waals surface area contributed by atoms with Crippen molar-refractivity contribution in [3.05, 3.63) is 0 Å². The molecule has 14 heavy (non-hydrogen) atoms. The summed E-state index contributed by atoms with van der Waals surface area (Å²) in [6.45, 7) is 2.69. The molecule has 0 aromatic carbocycles. The van der Waals surface area contributed by atoms with Gasteiger partial charge in [-0.15, -0.1) is 0 Å². The summed E-state index contributed by atoms with van der Waals surface area (Å²) >= 11 is 2.15. The van der Waals surface area contributed by atoms with Gasteiger partial charge in [0.2, 0.25) is 0 Å². The Labute approximate surface area is 90.8 Å². The summed E-state index contributed by atoms with van der Waals surface area (Å²) in [6, 6.07) is 2.54. The lowest BCUT2D eigenvalue weighted by molar-refractivity contribution is 0.129. The summed E-state index contributed by atoms with van der Waals surface area (Å²) in [4.78, 5) is 2.72. The maximum Gasteiger partial charge on any atom is 0.0340 e. The van der Waals surface area contributed by atoms with Crippen LogP contribution >= 0.6 is 11.8 Å². The van der Waals surface area contributed by atoms with Crippen molar-refractivity contribution in [2.24, 2.45) is 0 Å². The van der Waals surface area contributed by atoms with Crippen LogP contribution in [0.25, 0.3) is 0 Å². The topological polar surface area (TPSA) is 15.3 Å². The van der Waals surface area contributed by atoms with E-state index < -0.39 is 0 Å². The minimum absolute atomic E-state index is 0.809. The fraction of sp³-hybridized carbons (Fsp3) is 1.00. The van der Waals surface area contributed by atoms with Gasteiger partial charge in [0.25, 0.3) is 0 Å². The predicted octanol–water partition coefficient (Wildman–Crippen LogP) is 1.32. The minimum Gasteiger partial charge on any atom is -0.310 e. The van der Waals surface area contributed by atoms with Gasteiger partial charge in [0, 0.05) is 36.2 Å². The van der Waals surface area contributed by atoms with Crippen LogP contribution < -0.4 is 5.32 Å². The van der Waals surface area contributed by atoms with E-state index in [-0.39, 0.29) is 0 Å². The maximum absolute atomic E-state index is 3.84. The van der Waals surface area contributed by atoms with Crippen molar-refractivity contribution in [1.29, 1.82) is 0 Å². The molecule has 1 aliphatic carbocycles. The van der Waals surface area contributed by atoms with Crippen LogP contribution in [-0.2, 0) is 0 Å². The fourth-order valence-electron chi connectivity index (χ4n) is 2.76. The average molecular weight is 212 g/mol. The largest absolute Gasteiger partial charge is 0.310 e. The number of hydrogen-bond donors (Lipinski definition) is 1. The highest BCUT2D eigenvalue weighted by atomic mass is 32.2. The van der Waals surface area contributed by atoms with Crippen molar-refractivity contribution in [3.8, 4) is 0 Å². The number of nitrogens with one attached hydrogen (secondary N) is 1. The second-order valence-electron chi connectivity index (χ2n) is 4.87. The number of fused-ring (bicyclic) bond motifs is 1. The molecule has 2 atom stereocenters. The molecule has 0 amide bonds. The Hall–Kier alpha value is 0.270. The monoisotopic (exact) mass is 212 g/mol. The van der Waals surface area contributed by atoms with Crippen LogP contribution in [0, 0.1) is 0 Å². The molecule has 3 heteroatoms. The number of thioether (sulfide) groups is 1. The van der Waals surface area contributed by atoms with E-state index in [1.165, 1.54) is 50.3 Å². The van der Waals surface area contributed by atoms with Crippen molar-refractivity contribution in [2.45, 2.75) is 43.8 Å². The van der Waals surface area contributed by atoms with Gasteiger partial charge in [-0.1, -0.05) is 0 Å². The van der Waals surface area contributed by atoms with Crippen molar-refractivity contribution in [1.82, 2.24) is 10.2 Å². The van der Waals surface area contributed by atoms with E-state index in [0.717, 1.165) is 18.1 Å². The molecule has 1 N–H and O–H groups in total. The summed E-state index contributed by atoms with van der Waals surface area (Å²) in [7, 11) is 0. The Balaban J connectivity index is 1.63. The van der Waals surface area contributed by atoms with E-state index in [9.17, 15) is 0 Å². The van der Waals surface area contributed by atoms with Gasteiger partial charge in [0.05, 0.1) is 0 Å². The Morgan fingerprint density at radius 2 is 2.07 bits per heavy atom. The molecule has 3 rings (SSSR count). The van der Waals surface area contributed by atoms with E-state index in [1.54, 1.807) is 0 Å². The molecule has 0 aromatic heterocycles. The highest BCUT2D eigenvalue weighted by Crippen LogP contribution is 2.28. The highest BCUT2D eigenvalue weighted by molar-refractivity contribution is 7.99. The van der Waals surface area contributed by atoms with Crippen molar-refractivity contribution in [2.75, 3.05) is 24.6 Å². The number of nitrogens with zero attached hydrogens (tertiary/aromatic N) is 1. The molecular weight excluding hydrogens is 192 g/mol. The van der Waals surface area contributed by atoms with Crippen LogP contribution in [0.2, 0.25) is 0 Å². The van der Waals surface area contributed by atoms with E-state index in [4.69, 9.17) is 0 Å². The average Bonchev–Trinajstić information content (AvgIpc) is 3.03. The third-order valence-electron chi connectivity index (χ3n) is 3.73. The van der Waals surface area contributed by atoms with Crippen LogP contribution in [0.1, 0.15) is 25.7 Å². The van der Waals surface area contributed by atoms with Crippen LogP contribution in [0.15, 0.2) is 0 Å². The molecule has 0 bridgehead atoms. The van der Waals surface area contributed by atoms with Gasteiger partial charge in [0.1, 0.15) is 0 Å². The lowest BCUT2D eigenvalue weighted by atomic mass is 9.97. The number of rotatable bonds is 2. The van der Waals surface area contributed by atoms with E-state index >= 15 is 0 Å². The van der Waals surface area contributed by atoms with Crippen molar-refractivity contribution >= 4 is 11.8 Å². The van der Waals surface area contributed by atoms with E-state index in [1.807, 2.05) is 0 Å². The summed E-state index contributed by atoms with van der Waals surface area (Å²) in [5, 5.41) is 3.84. The molecular formula is C11H20N2S. The SMILES string of the molecule is C1CC(NC2CC2)C2CSCCN2C1. The predicted molar refractivity (Wildman–Crippen MR) is 61.9 cm³/mol. The summed E-state index contributed by atoms with van der Waals surface area (Å²) in [5.74, 6) is 2.72. The lowest BCUT2D eigenvalue weighted by Crippen LogP contribution is -2.57. The molecule has 0 aromatic rings. The fourth-order valence-corrected chi connectivity index (χ4v) is 3.97. The van der Waals surface area contributed by atoms with Gasteiger partial charge in [0.15, 0.2) is 0 Å². The van der Waals surface area contributed by atoms with Gasteiger partial charge in [-0.25, -0.2) is 0 Å². The number of hydrogen-bond acceptors (Lipinski definition) is 3. The van der Waals surface area contributed by atoms with Crippen LogP contribution in [-0.4, -0.2) is 47.6 Å². The van der Waals surface area contributed by atoms with Gasteiger partial charge in [-0.3, -0.25) is 4.90 Å². The first-order valence-electron chi connectivity index (χ1n) is 6.01. The molecule has 2 unspecified atom stereocenters. The molecule has 2 saturated heterocycles. The smallest absolute Gasteiger partial charge is 0.0340 e. The van der Waals surface area contributed by atoms with Crippen LogP contribution in [0.5, 0.6) is 0 Å². The van der Waals surface area contributed by atoms with E-state index in [0.29, 0.717) is 0 Å². The molecule has 3 fully saturated rings. The zero-order valence-corrected chi connectivity index (χ0v) is 9.56. The number of piperidine rings is 1. The second kappa shape index (κ2) is 4.03. The molecule has 80 valence electrons. The van der Waals surface area contributed by atoms with Gasteiger partial charge >= 0.3 is 0 Å². The Bertz CT molecular complexity index is 203. The first kappa shape index (κ1) is 9.49. The zero-order valence-electron chi connectivity index (χ0n) is 8.74. The summed E-state index contributed by atoms with van der Waals surface area (Å²) in [6.07, 6.45) is 5.68. The summed E-state index contributed by atoms with van der Waals surface area (Å²) in [5.41, 5.74) is 0. The first-order valence-corrected chi connectivity index (χ1v) is 7.17. The van der Waals surface area contributed by atoms with Gasteiger partial charge in [-0.05, 0) is 32.2 Å². The first-order chi connectivity index (χ1) is 6.93. The molecule has 2 nitrogen and oxygen atoms in total. The molecule has 1 saturated carbocycles. The quantitative estimate of drug-likeness (QED) is 0.743. The molecule has 0 spiro atoms. The Kier molecular flexibility index (Phi) is 2.73. The van der Waals surface area contributed by atoms with Crippen LogP contribution in [0.4, 0.5) is 0 Å². The molecule has 2 heterocycles. The third kappa shape index (κ3) is 1.95. The van der Waals surface area contributed by atoms with Crippen molar-refractivity contribution < 1.29 is 0 Å². The molecule has 3 aliphatic rings. The van der Waals surface area contributed by atoms with Crippen molar-refractivity contribution in [3.63, 3.8) is 0 Å². The zero-order chi connectivity index (χ0) is 9.38. The Morgan fingerprint density at radius 3 is 2.93 bits per heavy atom. The van der Waals surface area contributed by atoms with Gasteiger partial charge in [-0.2, -0.15) is 11.8 Å². The lowest BCUT2D eigenvalue weighted by Gasteiger charge is -2.44. The summed E-state index contributed by atoms with van der Waals surface area (Å²) < 4.78 is 0.